The van der Waals surface area contributed by atoms with E-state index in [-0.39, 0.29) is 18.6 Å². The van der Waals surface area contributed by atoms with Gasteiger partial charge in [0.25, 0.3) is 0 Å². The highest BCUT2D eigenvalue weighted by molar-refractivity contribution is 5.78. The molecule has 2 rings (SSSR count). The Bertz CT molecular complexity index is 480. The molecule has 0 spiro atoms. The number of nitrogens with one attached hydrogen (secondary N) is 3. The van der Waals surface area contributed by atoms with Crippen molar-refractivity contribution in [1.82, 2.24) is 20.6 Å². The number of urea groups is 1. The van der Waals surface area contributed by atoms with Gasteiger partial charge in [-0.25, -0.2) is 9.78 Å². The minimum Gasteiger partial charge on any atom is -0.481 e. The molecule has 7 heteroatoms. The van der Waals surface area contributed by atoms with Gasteiger partial charge < -0.3 is 20.7 Å². The van der Waals surface area contributed by atoms with Crippen LogP contribution < -0.4 is 10.6 Å². The molecule has 1 heterocycles. The van der Waals surface area contributed by atoms with Crippen LogP contribution in [0.5, 0.6) is 0 Å². The van der Waals surface area contributed by atoms with E-state index in [2.05, 4.69) is 20.6 Å². The number of carboxylic acids is 1. The van der Waals surface area contributed by atoms with Crippen LogP contribution in [0.3, 0.4) is 0 Å². The van der Waals surface area contributed by atoms with Crippen molar-refractivity contribution >= 4 is 12.0 Å². The summed E-state index contributed by atoms with van der Waals surface area (Å²) in [6.45, 7) is 2.12. The fourth-order valence-electron chi connectivity index (χ4n) is 2.81. The maximum Gasteiger partial charge on any atom is 0.315 e. The van der Waals surface area contributed by atoms with Gasteiger partial charge in [0.2, 0.25) is 0 Å². The van der Waals surface area contributed by atoms with Crippen molar-refractivity contribution in [2.45, 2.75) is 45.1 Å². The molecule has 7 nitrogen and oxygen atoms in total. The molecule has 0 aliphatic heterocycles. The first-order valence-electron chi connectivity index (χ1n) is 7.34. The second kappa shape index (κ2) is 6.60. The zero-order valence-electron chi connectivity index (χ0n) is 12.2. The van der Waals surface area contributed by atoms with Gasteiger partial charge in [-0.2, -0.15) is 0 Å². The van der Waals surface area contributed by atoms with E-state index in [1.54, 1.807) is 12.4 Å². The zero-order chi connectivity index (χ0) is 15.3. The SMILES string of the molecule is CCC(NC(=O)NCC1(C(=O)O)CCCC1)c1ncc[nH]1. The summed E-state index contributed by atoms with van der Waals surface area (Å²) in [6, 6.07) is -0.560. The van der Waals surface area contributed by atoms with Crippen molar-refractivity contribution in [3.05, 3.63) is 18.2 Å². The Balaban J connectivity index is 1.88. The zero-order valence-corrected chi connectivity index (χ0v) is 12.2. The molecular weight excluding hydrogens is 272 g/mol. The van der Waals surface area contributed by atoms with E-state index >= 15 is 0 Å². The third kappa shape index (κ3) is 3.53. The van der Waals surface area contributed by atoms with E-state index in [0.29, 0.717) is 25.1 Å². The Morgan fingerprint density at radius 2 is 2.19 bits per heavy atom. The second-order valence-electron chi connectivity index (χ2n) is 5.55. The van der Waals surface area contributed by atoms with Crippen molar-refractivity contribution in [2.24, 2.45) is 5.41 Å². The van der Waals surface area contributed by atoms with Crippen LogP contribution in [0.25, 0.3) is 0 Å². The van der Waals surface area contributed by atoms with E-state index in [9.17, 15) is 14.7 Å². The van der Waals surface area contributed by atoms with Crippen molar-refractivity contribution in [2.75, 3.05) is 6.54 Å². The summed E-state index contributed by atoms with van der Waals surface area (Å²) in [4.78, 5) is 30.5. The molecule has 1 fully saturated rings. The smallest absolute Gasteiger partial charge is 0.315 e. The molecule has 1 unspecified atom stereocenters. The Hall–Kier alpha value is -2.05. The number of carbonyl (C=O) groups is 2. The molecule has 1 aromatic heterocycles. The first-order chi connectivity index (χ1) is 10.1. The van der Waals surface area contributed by atoms with Crippen molar-refractivity contribution in [1.29, 1.82) is 0 Å². The minimum atomic E-state index is -0.821. The number of carboxylic acid groups (broad SMARTS) is 1. The summed E-state index contributed by atoms with van der Waals surface area (Å²) in [5.41, 5.74) is -0.802. The van der Waals surface area contributed by atoms with Crippen molar-refractivity contribution < 1.29 is 14.7 Å². The molecule has 0 radical (unpaired) electrons. The number of H-pyrrole nitrogens is 1. The highest BCUT2D eigenvalue weighted by atomic mass is 16.4. The maximum atomic E-state index is 12.0. The number of aromatic nitrogens is 2. The van der Waals surface area contributed by atoms with Crippen molar-refractivity contribution in [3.8, 4) is 0 Å². The van der Waals surface area contributed by atoms with Gasteiger partial charge in [-0.05, 0) is 19.3 Å². The summed E-state index contributed by atoms with van der Waals surface area (Å²) in [5, 5.41) is 14.9. The van der Waals surface area contributed by atoms with Gasteiger partial charge in [-0.15, -0.1) is 0 Å². The summed E-state index contributed by atoms with van der Waals surface area (Å²) in [7, 11) is 0. The number of aliphatic carboxylic acids is 1. The topological polar surface area (TPSA) is 107 Å². The van der Waals surface area contributed by atoms with E-state index < -0.39 is 11.4 Å². The average molecular weight is 294 g/mol. The molecular formula is C14H22N4O3. The highest BCUT2D eigenvalue weighted by Crippen LogP contribution is 2.37. The van der Waals surface area contributed by atoms with Gasteiger partial charge >= 0.3 is 12.0 Å². The lowest BCUT2D eigenvalue weighted by molar-refractivity contribution is -0.148. The monoisotopic (exact) mass is 294 g/mol. The van der Waals surface area contributed by atoms with Crippen LogP contribution >= 0.6 is 0 Å². The van der Waals surface area contributed by atoms with E-state index in [4.69, 9.17) is 0 Å². The third-order valence-electron chi connectivity index (χ3n) is 4.16. The molecule has 21 heavy (non-hydrogen) atoms. The summed E-state index contributed by atoms with van der Waals surface area (Å²) in [6.07, 6.45) is 7.09. The molecule has 1 aliphatic rings. The lowest BCUT2D eigenvalue weighted by atomic mass is 9.86. The highest BCUT2D eigenvalue weighted by Gasteiger charge is 2.41. The molecule has 1 aromatic rings. The van der Waals surface area contributed by atoms with Gasteiger partial charge in [-0.3, -0.25) is 4.79 Å². The van der Waals surface area contributed by atoms with Crippen LogP contribution in [-0.2, 0) is 4.79 Å². The number of imidazole rings is 1. The van der Waals surface area contributed by atoms with Crippen LogP contribution in [-0.4, -0.2) is 33.6 Å². The number of amides is 2. The standard InChI is InChI=1S/C14H22N4O3/c1-2-10(11-15-7-8-16-11)18-13(21)17-9-14(12(19)20)5-3-4-6-14/h7-8,10H,2-6,9H2,1H3,(H,15,16)(H,19,20)(H2,17,18,21). The summed E-state index contributed by atoms with van der Waals surface area (Å²) in [5.74, 6) is -0.125. The van der Waals surface area contributed by atoms with Gasteiger partial charge in [0.05, 0.1) is 11.5 Å². The predicted octanol–water partition coefficient (Wildman–Crippen LogP) is 1.80. The van der Waals surface area contributed by atoms with Crippen molar-refractivity contribution in [3.63, 3.8) is 0 Å². The molecule has 0 aromatic carbocycles. The second-order valence-corrected chi connectivity index (χ2v) is 5.55. The van der Waals surface area contributed by atoms with Crippen LogP contribution in [0.15, 0.2) is 12.4 Å². The van der Waals surface area contributed by atoms with E-state index in [1.807, 2.05) is 6.92 Å². The molecule has 1 atom stereocenters. The molecule has 116 valence electrons. The van der Waals surface area contributed by atoms with E-state index in [1.165, 1.54) is 0 Å². The normalized spacial score (nSPS) is 18.1. The maximum absolute atomic E-state index is 12.0. The number of rotatable bonds is 6. The number of hydrogen-bond donors (Lipinski definition) is 4. The number of hydrogen-bond acceptors (Lipinski definition) is 3. The van der Waals surface area contributed by atoms with Crippen LogP contribution in [0, 0.1) is 5.41 Å². The Kier molecular flexibility index (Phi) is 4.82. The third-order valence-corrected chi connectivity index (χ3v) is 4.16. The fraction of sp³-hybridized carbons (Fsp3) is 0.643. The van der Waals surface area contributed by atoms with Gasteiger partial charge in [0.15, 0.2) is 0 Å². The first kappa shape index (κ1) is 15.3. The van der Waals surface area contributed by atoms with Crippen LogP contribution in [0.1, 0.15) is 50.9 Å². The summed E-state index contributed by atoms with van der Waals surface area (Å²) >= 11 is 0. The Labute approximate surface area is 123 Å². The van der Waals surface area contributed by atoms with Gasteiger partial charge in [0.1, 0.15) is 5.82 Å². The predicted molar refractivity (Wildman–Crippen MR) is 76.7 cm³/mol. The molecule has 1 aliphatic carbocycles. The summed E-state index contributed by atoms with van der Waals surface area (Å²) < 4.78 is 0. The molecule has 1 saturated carbocycles. The quantitative estimate of drug-likeness (QED) is 0.641. The first-order valence-corrected chi connectivity index (χ1v) is 7.34. The fourth-order valence-corrected chi connectivity index (χ4v) is 2.81. The molecule has 0 bridgehead atoms. The van der Waals surface area contributed by atoms with Gasteiger partial charge in [0, 0.05) is 18.9 Å². The molecule has 4 N–H and O–H groups in total. The number of carbonyl (C=O) groups excluding carboxylic acids is 1. The van der Waals surface area contributed by atoms with Gasteiger partial charge in [-0.1, -0.05) is 19.8 Å². The average Bonchev–Trinajstić information content (AvgIpc) is 3.14. The Morgan fingerprint density at radius 3 is 2.71 bits per heavy atom. The lowest BCUT2D eigenvalue weighted by Gasteiger charge is -2.24. The van der Waals surface area contributed by atoms with Crippen LogP contribution in [0.4, 0.5) is 4.79 Å². The largest absolute Gasteiger partial charge is 0.481 e. The number of nitrogens with zero attached hydrogens (tertiary/aromatic N) is 1. The van der Waals surface area contributed by atoms with E-state index in [0.717, 1.165) is 12.8 Å². The van der Waals surface area contributed by atoms with Crippen LogP contribution in [0.2, 0.25) is 0 Å². The number of aromatic amines is 1. The Morgan fingerprint density at radius 1 is 1.48 bits per heavy atom. The minimum absolute atomic E-state index is 0.169. The molecule has 2 amide bonds. The molecule has 0 saturated heterocycles. The lowest BCUT2D eigenvalue weighted by Crippen LogP contribution is -2.46.